The predicted molar refractivity (Wildman–Crippen MR) is 120 cm³/mol. The average Bonchev–Trinajstić information content (AvgIpc) is 2.73. The highest BCUT2D eigenvalue weighted by Gasteiger charge is 2.43. The van der Waals surface area contributed by atoms with Crippen LogP contribution in [0.5, 0.6) is 0 Å². The van der Waals surface area contributed by atoms with E-state index in [1.807, 2.05) is 66.6 Å². The van der Waals surface area contributed by atoms with Gasteiger partial charge in [-0.15, -0.1) is 0 Å². The molecule has 2 atom stereocenters. The molecule has 0 unspecified atom stereocenters. The molecule has 1 aliphatic heterocycles. The monoisotopic (exact) mass is 462 g/mol. The molecular formula is C24H23BrN4O. The number of ketones is 1. The molecule has 2 aromatic rings. The van der Waals surface area contributed by atoms with E-state index in [2.05, 4.69) is 34.1 Å². The lowest BCUT2D eigenvalue weighted by Gasteiger charge is -2.43. The van der Waals surface area contributed by atoms with Gasteiger partial charge in [0.25, 0.3) is 0 Å². The Labute approximate surface area is 185 Å². The van der Waals surface area contributed by atoms with Crippen molar-refractivity contribution < 1.29 is 4.79 Å². The molecule has 0 fully saturated rings. The maximum absolute atomic E-state index is 13.5. The number of Topliss-reactive ketones (excluding diaryl/α,β-unsaturated/α-hetero) is 1. The average molecular weight is 463 g/mol. The zero-order valence-electron chi connectivity index (χ0n) is 17.0. The van der Waals surface area contributed by atoms with Gasteiger partial charge in [0.15, 0.2) is 5.78 Å². The molecule has 0 aromatic heterocycles. The van der Waals surface area contributed by atoms with Gasteiger partial charge >= 0.3 is 0 Å². The summed E-state index contributed by atoms with van der Waals surface area (Å²) in [5.74, 6) is 0.0809. The van der Waals surface area contributed by atoms with Crippen LogP contribution < -0.4 is 5.73 Å². The third-order valence-electron chi connectivity index (χ3n) is 5.79. The number of nitrogens with two attached hydrogens (primary N) is 1. The van der Waals surface area contributed by atoms with Gasteiger partial charge in [0, 0.05) is 36.3 Å². The van der Waals surface area contributed by atoms with Crippen LogP contribution in [0.25, 0.3) is 0 Å². The van der Waals surface area contributed by atoms with Crippen molar-refractivity contribution in [1.82, 2.24) is 10.0 Å². The summed E-state index contributed by atoms with van der Waals surface area (Å²) in [4.78, 5) is 13.5. The predicted octanol–water partition coefficient (Wildman–Crippen LogP) is 4.42. The molecule has 0 amide bonds. The van der Waals surface area contributed by atoms with Gasteiger partial charge in [0.05, 0.1) is 17.6 Å². The minimum absolute atomic E-state index is 0.0715. The maximum Gasteiger partial charge on any atom is 0.162 e. The molecular weight excluding hydrogens is 440 g/mol. The Balaban J connectivity index is 1.90. The van der Waals surface area contributed by atoms with Gasteiger partial charge in [-0.3, -0.25) is 9.80 Å². The fourth-order valence-corrected chi connectivity index (χ4v) is 4.97. The molecule has 152 valence electrons. The number of halogens is 1. The third kappa shape index (κ3) is 3.45. The first-order valence-corrected chi connectivity index (χ1v) is 10.7. The number of nitrogens with zero attached hydrogens (tertiary/aromatic N) is 3. The third-order valence-corrected chi connectivity index (χ3v) is 6.29. The van der Waals surface area contributed by atoms with Gasteiger partial charge in [-0.05, 0) is 35.6 Å². The Morgan fingerprint density at radius 3 is 2.43 bits per heavy atom. The van der Waals surface area contributed by atoms with E-state index >= 15 is 0 Å². The number of hydrogen-bond acceptors (Lipinski definition) is 5. The summed E-state index contributed by atoms with van der Waals surface area (Å²) in [5.41, 5.74) is 10.5. The second-order valence-electron chi connectivity index (χ2n) is 7.86. The summed E-state index contributed by atoms with van der Waals surface area (Å²) in [6.07, 6.45) is 1.11. The lowest BCUT2D eigenvalue weighted by atomic mass is 9.72. The Bertz CT molecular complexity index is 1100. The normalized spacial score (nSPS) is 21.7. The first kappa shape index (κ1) is 20.4. The Hall–Kier alpha value is -2.88. The van der Waals surface area contributed by atoms with E-state index in [1.165, 1.54) is 0 Å². The van der Waals surface area contributed by atoms with Crippen LogP contribution in [0.1, 0.15) is 35.8 Å². The van der Waals surface area contributed by atoms with Gasteiger partial charge in [0.1, 0.15) is 5.82 Å². The van der Waals surface area contributed by atoms with Crippen LogP contribution in [0.2, 0.25) is 0 Å². The molecule has 0 bridgehead atoms. The summed E-state index contributed by atoms with van der Waals surface area (Å²) < 4.78 is 0.901. The highest BCUT2D eigenvalue weighted by atomic mass is 79.9. The summed E-state index contributed by atoms with van der Waals surface area (Å²) in [5, 5.41) is 13.7. The number of hydrazine groups is 1. The molecule has 0 spiro atoms. The number of allylic oxidation sites excluding steroid dienone is 3. The minimum Gasteiger partial charge on any atom is -0.383 e. The zero-order valence-corrected chi connectivity index (χ0v) is 18.6. The van der Waals surface area contributed by atoms with Gasteiger partial charge in [0.2, 0.25) is 0 Å². The summed E-state index contributed by atoms with van der Waals surface area (Å²) >= 11 is 3.51. The van der Waals surface area contributed by atoms with Crippen molar-refractivity contribution >= 4 is 21.7 Å². The Morgan fingerprint density at radius 1 is 1.10 bits per heavy atom. The molecule has 0 saturated carbocycles. The molecule has 30 heavy (non-hydrogen) atoms. The van der Waals surface area contributed by atoms with Crippen LogP contribution >= 0.6 is 15.9 Å². The molecule has 0 radical (unpaired) electrons. The summed E-state index contributed by atoms with van der Waals surface area (Å²) in [6.45, 7) is 0. The fraction of sp³-hybridized carbons (Fsp3) is 0.250. The molecule has 1 heterocycles. The van der Waals surface area contributed by atoms with Crippen LogP contribution in [0, 0.1) is 11.3 Å². The highest BCUT2D eigenvalue weighted by Crippen LogP contribution is 2.48. The van der Waals surface area contributed by atoms with E-state index < -0.39 is 5.92 Å². The van der Waals surface area contributed by atoms with E-state index in [1.54, 1.807) is 0 Å². The van der Waals surface area contributed by atoms with E-state index in [9.17, 15) is 10.1 Å². The van der Waals surface area contributed by atoms with Gasteiger partial charge in [-0.25, -0.2) is 5.01 Å². The van der Waals surface area contributed by atoms with Crippen molar-refractivity contribution in [2.24, 2.45) is 5.73 Å². The zero-order chi connectivity index (χ0) is 21.4. The largest absolute Gasteiger partial charge is 0.383 e. The highest BCUT2D eigenvalue weighted by molar-refractivity contribution is 9.10. The topological polar surface area (TPSA) is 73.4 Å². The smallest absolute Gasteiger partial charge is 0.162 e. The maximum atomic E-state index is 13.5. The molecule has 2 aromatic carbocycles. The lowest BCUT2D eigenvalue weighted by molar-refractivity contribution is -0.117. The fourth-order valence-electron chi connectivity index (χ4n) is 4.55. The number of nitriles is 1. The number of rotatable bonds is 3. The van der Waals surface area contributed by atoms with Gasteiger partial charge < -0.3 is 5.73 Å². The second-order valence-corrected chi connectivity index (χ2v) is 8.77. The molecule has 5 nitrogen and oxygen atoms in total. The molecule has 2 N–H and O–H groups in total. The van der Waals surface area contributed by atoms with E-state index in [0.29, 0.717) is 29.8 Å². The van der Waals surface area contributed by atoms with Crippen LogP contribution in [-0.2, 0) is 4.79 Å². The minimum atomic E-state index is -0.456. The van der Waals surface area contributed by atoms with Crippen molar-refractivity contribution in [3.63, 3.8) is 0 Å². The van der Waals surface area contributed by atoms with Gasteiger partial charge in [-0.1, -0.05) is 58.4 Å². The van der Waals surface area contributed by atoms with E-state index in [4.69, 9.17) is 5.73 Å². The second kappa shape index (κ2) is 8.10. The molecule has 0 saturated heterocycles. The number of carbonyl (C=O) groups excluding carboxylic acids is 1. The quantitative estimate of drug-likeness (QED) is 0.730. The Morgan fingerprint density at radius 2 is 1.80 bits per heavy atom. The standard InChI is InChI=1S/C24H23BrN4O/c1-28(2)29-20-12-17(15-7-4-3-5-8-15)13-21(30)23(20)22(19(14-26)24(29)27)16-9-6-10-18(25)11-16/h3-11,17,22H,12-13,27H2,1-2H3/t17-,22+/m0/s1. The summed E-state index contributed by atoms with van der Waals surface area (Å²) in [6, 6.07) is 20.2. The summed E-state index contributed by atoms with van der Waals surface area (Å²) in [7, 11) is 3.75. The SMILES string of the molecule is CN(C)N1C(N)=C(C#N)[C@@H](c2cccc(Br)c2)C2=C1C[C@H](c1ccccc1)CC2=O. The lowest BCUT2D eigenvalue weighted by Crippen LogP contribution is -2.46. The van der Waals surface area contributed by atoms with Crippen LogP contribution in [0.3, 0.4) is 0 Å². The van der Waals surface area contributed by atoms with Crippen molar-refractivity contribution in [3.05, 3.63) is 92.9 Å². The molecule has 6 heteroatoms. The van der Waals surface area contributed by atoms with E-state index in [0.717, 1.165) is 21.3 Å². The van der Waals surface area contributed by atoms with Gasteiger partial charge in [-0.2, -0.15) is 5.26 Å². The van der Waals surface area contributed by atoms with Crippen molar-refractivity contribution in [2.75, 3.05) is 14.1 Å². The molecule has 4 rings (SSSR count). The van der Waals surface area contributed by atoms with E-state index in [-0.39, 0.29) is 11.7 Å². The van der Waals surface area contributed by atoms with Crippen molar-refractivity contribution in [3.8, 4) is 6.07 Å². The van der Waals surface area contributed by atoms with Crippen molar-refractivity contribution in [2.45, 2.75) is 24.7 Å². The number of hydrogen-bond donors (Lipinski definition) is 1. The number of benzene rings is 2. The Kier molecular flexibility index (Phi) is 5.50. The van der Waals surface area contributed by atoms with Crippen LogP contribution in [0.15, 0.2) is 81.7 Å². The van der Waals surface area contributed by atoms with Crippen LogP contribution in [0.4, 0.5) is 0 Å². The van der Waals surface area contributed by atoms with Crippen molar-refractivity contribution in [1.29, 1.82) is 5.26 Å². The first-order chi connectivity index (χ1) is 14.4. The first-order valence-electron chi connectivity index (χ1n) is 9.86. The van der Waals surface area contributed by atoms with Crippen LogP contribution in [-0.4, -0.2) is 29.9 Å². The molecule has 1 aliphatic carbocycles. The molecule has 2 aliphatic rings. The number of carbonyl (C=O) groups is 1.